The smallest absolute Gasteiger partial charge is 0.188 e. The second kappa shape index (κ2) is 5.85. The Labute approximate surface area is 125 Å². The summed E-state index contributed by atoms with van der Waals surface area (Å²) >= 11 is 0. The summed E-state index contributed by atoms with van der Waals surface area (Å²) in [6.45, 7) is 0. The van der Waals surface area contributed by atoms with E-state index in [0.717, 1.165) is 28.6 Å². The minimum absolute atomic E-state index is 0.161. The van der Waals surface area contributed by atoms with E-state index in [4.69, 9.17) is 0 Å². The second-order valence-corrected chi connectivity index (χ2v) is 4.78. The molecule has 1 aromatic heterocycles. The highest BCUT2D eigenvalue weighted by Gasteiger charge is 2.09. The zero-order valence-electron chi connectivity index (χ0n) is 11.5. The molecule has 0 fully saturated rings. The van der Waals surface area contributed by atoms with Gasteiger partial charge in [-0.2, -0.15) is 0 Å². The quantitative estimate of drug-likeness (QED) is 0.529. The number of hydrogen-bond acceptors (Lipinski definition) is 2. The van der Waals surface area contributed by atoms with Crippen molar-refractivity contribution in [2.24, 2.45) is 0 Å². The van der Waals surface area contributed by atoms with Crippen molar-refractivity contribution < 1.29 is 13.6 Å². The van der Waals surface area contributed by atoms with Crippen LogP contribution in [0, 0.1) is 11.6 Å². The van der Waals surface area contributed by atoms with E-state index in [1.54, 1.807) is 12.3 Å². The number of nitrogens with zero attached hydrogens (tertiary/aromatic N) is 1. The minimum Gasteiger partial charge on any atom is -0.289 e. The van der Waals surface area contributed by atoms with Crippen molar-refractivity contribution in [3.63, 3.8) is 0 Å². The van der Waals surface area contributed by atoms with Crippen LogP contribution in [0.25, 0.3) is 17.0 Å². The average Bonchev–Trinajstić information content (AvgIpc) is 2.52. The molecule has 1 heterocycles. The maximum absolute atomic E-state index is 13.5. The van der Waals surface area contributed by atoms with Gasteiger partial charge in [-0.15, -0.1) is 0 Å². The highest BCUT2D eigenvalue weighted by Crippen LogP contribution is 2.15. The van der Waals surface area contributed by atoms with Crippen LogP contribution in [0.15, 0.2) is 60.8 Å². The van der Waals surface area contributed by atoms with Crippen LogP contribution in [0.4, 0.5) is 8.78 Å². The van der Waals surface area contributed by atoms with Crippen LogP contribution >= 0.6 is 0 Å². The molecule has 108 valence electrons. The van der Waals surface area contributed by atoms with E-state index in [-0.39, 0.29) is 5.56 Å². The third kappa shape index (κ3) is 2.91. The summed E-state index contributed by atoms with van der Waals surface area (Å²) in [5.74, 6) is -2.10. The Morgan fingerprint density at radius 3 is 2.68 bits per heavy atom. The molecule has 0 bridgehead atoms. The normalized spacial score (nSPS) is 11.2. The van der Waals surface area contributed by atoms with Crippen LogP contribution < -0.4 is 0 Å². The molecule has 4 heteroatoms. The van der Waals surface area contributed by atoms with Gasteiger partial charge in [-0.3, -0.25) is 9.78 Å². The topological polar surface area (TPSA) is 30.0 Å². The molecule has 0 aliphatic rings. The molecule has 0 atom stereocenters. The Kier molecular flexibility index (Phi) is 3.74. The second-order valence-electron chi connectivity index (χ2n) is 4.78. The van der Waals surface area contributed by atoms with E-state index in [1.165, 1.54) is 6.08 Å². The lowest BCUT2D eigenvalue weighted by atomic mass is 10.1. The van der Waals surface area contributed by atoms with E-state index in [0.29, 0.717) is 6.07 Å². The lowest BCUT2D eigenvalue weighted by molar-refractivity contribution is 0.104. The number of carbonyl (C=O) groups excluding carboxylic acids is 1. The van der Waals surface area contributed by atoms with E-state index < -0.39 is 17.4 Å². The summed E-state index contributed by atoms with van der Waals surface area (Å²) in [6.07, 6.45) is 4.44. The van der Waals surface area contributed by atoms with Gasteiger partial charge < -0.3 is 0 Å². The molecule has 0 spiro atoms. The molecule has 0 saturated carbocycles. The van der Waals surface area contributed by atoms with Gasteiger partial charge in [0.2, 0.25) is 0 Å². The predicted molar refractivity (Wildman–Crippen MR) is 81.5 cm³/mol. The van der Waals surface area contributed by atoms with E-state index in [1.807, 2.05) is 30.3 Å². The number of hydrogen-bond donors (Lipinski definition) is 0. The number of pyridine rings is 1. The fourth-order valence-electron chi connectivity index (χ4n) is 2.13. The number of aromatic nitrogens is 1. The number of allylic oxidation sites excluding steroid dienone is 1. The molecule has 0 unspecified atom stereocenters. The Morgan fingerprint density at radius 2 is 1.86 bits per heavy atom. The first-order chi connectivity index (χ1) is 10.6. The maximum atomic E-state index is 13.5. The highest BCUT2D eigenvalue weighted by atomic mass is 19.1. The van der Waals surface area contributed by atoms with Gasteiger partial charge in [-0.1, -0.05) is 18.2 Å². The molecular weight excluding hydrogens is 284 g/mol. The van der Waals surface area contributed by atoms with Crippen LogP contribution in [0.1, 0.15) is 15.9 Å². The van der Waals surface area contributed by atoms with Gasteiger partial charge in [-0.05, 0) is 42.0 Å². The lowest BCUT2D eigenvalue weighted by Crippen LogP contribution is -1.99. The molecule has 2 aromatic carbocycles. The van der Waals surface area contributed by atoms with Gasteiger partial charge in [0.15, 0.2) is 5.78 Å². The van der Waals surface area contributed by atoms with Gasteiger partial charge in [0.05, 0.1) is 11.1 Å². The number of benzene rings is 2. The van der Waals surface area contributed by atoms with Crippen molar-refractivity contribution in [1.29, 1.82) is 0 Å². The molecule has 3 rings (SSSR count). The predicted octanol–water partition coefficient (Wildman–Crippen LogP) is 4.41. The van der Waals surface area contributed by atoms with Crippen LogP contribution in [-0.2, 0) is 0 Å². The molecule has 2 nitrogen and oxygen atoms in total. The standard InChI is InChI=1S/C18H11F2NO/c19-14-6-7-15(16(20)10-14)18(22)8-5-12-9-13-3-1-2-4-17(13)21-11-12/h1-11H/b8-5+. The van der Waals surface area contributed by atoms with Gasteiger partial charge in [0, 0.05) is 17.6 Å². The fraction of sp³-hybridized carbons (Fsp3) is 0. The molecule has 0 radical (unpaired) electrons. The van der Waals surface area contributed by atoms with Crippen LogP contribution in [0.2, 0.25) is 0 Å². The Hall–Kier alpha value is -2.88. The number of carbonyl (C=O) groups is 1. The van der Waals surface area contributed by atoms with Crippen molar-refractivity contribution in [2.75, 3.05) is 0 Å². The van der Waals surface area contributed by atoms with Crippen molar-refractivity contribution >= 4 is 22.8 Å². The third-order valence-corrected chi connectivity index (χ3v) is 3.24. The molecule has 0 amide bonds. The zero-order valence-corrected chi connectivity index (χ0v) is 11.5. The van der Waals surface area contributed by atoms with Crippen molar-refractivity contribution in [3.8, 4) is 0 Å². The van der Waals surface area contributed by atoms with E-state index in [2.05, 4.69) is 4.98 Å². The lowest BCUT2D eigenvalue weighted by Gasteiger charge is -2.00. The Bertz CT molecular complexity index is 887. The summed E-state index contributed by atoms with van der Waals surface area (Å²) < 4.78 is 26.4. The number of para-hydroxylation sites is 1. The zero-order chi connectivity index (χ0) is 15.5. The van der Waals surface area contributed by atoms with Crippen LogP contribution in [-0.4, -0.2) is 10.8 Å². The SMILES string of the molecule is O=C(/C=C/c1cnc2ccccc2c1)c1ccc(F)cc1F. The Balaban J connectivity index is 1.87. The molecule has 0 N–H and O–H groups in total. The average molecular weight is 295 g/mol. The van der Waals surface area contributed by atoms with Crippen molar-refractivity contribution in [1.82, 2.24) is 4.98 Å². The fourth-order valence-corrected chi connectivity index (χ4v) is 2.13. The Morgan fingerprint density at radius 1 is 1.05 bits per heavy atom. The van der Waals surface area contributed by atoms with Crippen molar-refractivity contribution in [3.05, 3.63) is 83.6 Å². The molecule has 0 aliphatic carbocycles. The summed E-state index contributed by atoms with van der Waals surface area (Å²) in [4.78, 5) is 16.2. The number of fused-ring (bicyclic) bond motifs is 1. The molecule has 22 heavy (non-hydrogen) atoms. The summed E-state index contributed by atoms with van der Waals surface area (Å²) in [6, 6.07) is 12.4. The molecule has 3 aromatic rings. The van der Waals surface area contributed by atoms with Gasteiger partial charge in [0.25, 0.3) is 0 Å². The van der Waals surface area contributed by atoms with E-state index >= 15 is 0 Å². The third-order valence-electron chi connectivity index (χ3n) is 3.24. The van der Waals surface area contributed by atoms with Gasteiger partial charge in [-0.25, -0.2) is 8.78 Å². The first-order valence-electron chi connectivity index (χ1n) is 6.66. The first-order valence-corrected chi connectivity index (χ1v) is 6.66. The summed E-state index contributed by atoms with van der Waals surface area (Å²) in [5, 5.41) is 0.949. The first kappa shape index (κ1) is 14.1. The summed E-state index contributed by atoms with van der Waals surface area (Å²) in [7, 11) is 0. The number of halogens is 2. The molecular formula is C18H11F2NO. The minimum atomic E-state index is -0.869. The largest absolute Gasteiger partial charge is 0.289 e. The molecule has 0 saturated heterocycles. The van der Waals surface area contributed by atoms with Gasteiger partial charge in [0.1, 0.15) is 11.6 Å². The monoisotopic (exact) mass is 295 g/mol. The molecule has 0 aliphatic heterocycles. The summed E-state index contributed by atoms with van der Waals surface area (Å²) in [5.41, 5.74) is 1.43. The van der Waals surface area contributed by atoms with E-state index in [9.17, 15) is 13.6 Å². The van der Waals surface area contributed by atoms with Crippen molar-refractivity contribution in [2.45, 2.75) is 0 Å². The van der Waals surface area contributed by atoms with Crippen LogP contribution in [0.5, 0.6) is 0 Å². The van der Waals surface area contributed by atoms with Crippen LogP contribution in [0.3, 0.4) is 0 Å². The highest BCUT2D eigenvalue weighted by molar-refractivity contribution is 6.07. The van der Waals surface area contributed by atoms with Gasteiger partial charge >= 0.3 is 0 Å². The number of rotatable bonds is 3. The maximum Gasteiger partial charge on any atom is 0.188 e. The number of ketones is 1.